The van der Waals surface area contributed by atoms with E-state index >= 15 is 0 Å². The Morgan fingerprint density at radius 1 is 1.00 bits per heavy atom. The van der Waals surface area contributed by atoms with E-state index in [-0.39, 0.29) is 16.4 Å². The minimum Gasteiger partial charge on any atom is -0.478 e. The zero-order valence-corrected chi connectivity index (χ0v) is 19.1. The number of hydrogen-bond donors (Lipinski definition) is 3. The molecule has 0 saturated heterocycles. The molecule has 1 amide bonds. The van der Waals surface area contributed by atoms with Gasteiger partial charge < -0.3 is 15.7 Å². The van der Waals surface area contributed by atoms with Gasteiger partial charge in [0.2, 0.25) is 0 Å². The lowest BCUT2D eigenvalue weighted by atomic mass is 9.99. The van der Waals surface area contributed by atoms with Gasteiger partial charge in [-0.25, -0.2) is 13.2 Å². The van der Waals surface area contributed by atoms with Crippen LogP contribution in [0.15, 0.2) is 77.7 Å². The van der Waals surface area contributed by atoms with Crippen LogP contribution in [0.2, 0.25) is 0 Å². The Labute approximate surface area is 196 Å². The second-order valence-corrected chi connectivity index (χ2v) is 9.32. The average molecular weight is 480 g/mol. The van der Waals surface area contributed by atoms with Crippen molar-refractivity contribution in [2.75, 3.05) is 24.8 Å². The smallest absolute Gasteiger partial charge is 0.335 e. The number of hydrogen-bond acceptors (Lipinski definition) is 6. The van der Waals surface area contributed by atoms with Gasteiger partial charge in [0.05, 0.1) is 34.5 Å². The van der Waals surface area contributed by atoms with Gasteiger partial charge in [-0.05, 0) is 42.0 Å². The maximum Gasteiger partial charge on any atom is 0.335 e. The third kappa shape index (κ3) is 4.29. The van der Waals surface area contributed by atoms with Crippen molar-refractivity contribution >= 4 is 44.5 Å². The second-order valence-electron chi connectivity index (χ2n) is 7.38. The molecule has 0 spiro atoms. The normalized spacial score (nSPS) is 14.5. The highest BCUT2D eigenvalue weighted by Crippen LogP contribution is 2.38. The van der Waals surface area contributed by atoms with Gasteiger partial charge in [0.25, 0.3) is 15.9 Å². The first kappa shape index (κ1) is 23.2. The Bertz CT molecular complexity index is 1400. The molecule has 3 N–H and O–H groups in total. The zero-order chi connectivity index (χ0) is 24.5. The van der Waals surface area contributed by atoms with E-state index in [0.29, 0.717) is 28.2 Å². The first-order valence-electron chi connectivity index (χ1n) is 10.1. The predicted octanol–water partition coefficient (Wildman–Crippen LogP) is 3.50. The number of nitrogens with one attached hydrogen (secondary N) is 2. The van der Waals surface area contributed by atoms with E-state index in [1.165, 1.54) is 38.4 Å². The number of carbonyl (C=O) groups excluding carboxylic acids is 1. The first-order chi connectivity index (χ1) is 16.2. The van der Waals surface area contributed by atoms with Crippen LogP contribution in [0.1, 0.15) is 21.5 Å². The van der Waals surface area contributed by atoms with Crippen LogP contribution in [0.4, 0.5) is 11.4 Å². The molecule has 1 aliphatic heterocycles. The quantitative estimate of drug-likeness (QED) is 0.350. The molecule has 1 aliphatic rings. The molecule has 0 fully saturated rings. The van der Waals surface area contributed by atoms with Crippen molar-refractivity contribution in [1.29, 1.82) is 0 Å². The minimum absolute atomic E-state index is 0.0430. The van der Waals surface area contributed by atoms with Crippen molar-refractivity contribution in [2.24, 2.45) is 0 Å². The fourth-order valence-corrected chi connectivity index (χ4v) is 4.51. The summed E-state index contributed by atoms with van der Waals surface area (Å²) in [5.41, 5.74) is 3.12. The zero-order valence-electron chi connectivity index (χ0n) is 18.3. The largest absolute Gasteiger partial charge is 0.478 e. The van der Waals surface area contributed by atoms with Crippen molar-refractivity contribution in [3.05, 3.63) is 89.5 Å². The van der Waals surface area contributed by atoms with Gasteiger partial charge >= 0.3 is 5.97 Å². The standard InChI is InChI=1S/C24H21N3O6S/c1-27(33-2)34(31,32)18-11-9-17(10-12-18)25-22(15-6-4-3-5-7-15)21-19-13-8-16(24(29)30)14-20(19)26-23(21)28/h3-14,25H,1-2H3,(H,26,28)(H,29,30). The highest BCUT2D eigenvalue weighted by Gasteiger charge is 2.29. The highest BCUT2D eigenvalue weighted by atomic mass is 32.2. The van der Waals surface area contributed by atoms with Crippen LogP contribution in [-0.4, -0.2) is 44.0 Å². The summed E-state index contributed by atoms with van der Waals surface area (Å²) < 4.78 is 25.7. The van der Waals surface area contributed by atoms with E-state index in [1.54, 1.807) is 18.2 Å². The molecule has 0 aromatic heterocycles. The molecule has 10 heteroatoms. The van der Waals surface area contributed by atoms with Crippen molar-refractivity contribution in [2.45, 2.75) is 4.90 Å². The summed E-state index contributed by atoms with van der Waals surface area (Å²) in [5, 5.41) is 15.2. The number of carboxylic acid groups (broad SMARTS) is 1. The van der Waals surface area contributed by atoms with Gasteiger partial charge in [-0.2, -0.15) is 0 Å². The van der Waals surface area contributed by atoms with Gasteiger partial charge in [-0.15, -0.1) is 0 Å². The molecular formula is C24H21N3O6S. The van der Waals surface area contributed by atoms with E-state index < -0.39 is 16.0 Å². The predicted molar refractivity (Wildman–Crippen MR) is 127 cm³/mol. The van der Waals surface area contributed by atoms with Gasteiger partial charge in [0.15, 0.2) is 0 Å². The number of fused-ring (bicyclic) bond motifs is 1. The number of aromatic carboxylic acids is 1. The molecule has 34 heavy (non-hydrogen) atoms. The van der Waals surface area contributed by atoms with E-state index in [9.17, 15) is 23.1 Å². The van der Waals surface area contributed by atoms with E-state index in [0.717, 1.165) is 10.0 Å². The van der Waals surface area contributed by atoms with Crippen LogP contribution in [0, 0.1) is 0 Å². The van der Waals surface area contributed by atoms with Crippen molar-refractivity contribution in [1.82, 2.24) is 4.47 Å². The molecule has 0 radical (unpaired) electrons. The molecule has 3 aromatic carbocycles. The van der Waals surface area contributed by atoms with Crippen LogP contribution in [-0.2, 0) is 19.7 Å². The van der Waals surface area contributed by atoms with E-state index in [2.05, 4.69) is 10.6 Å². The lowest BCUT2D eigenvalue weighted by Crippen LogP contribution is -2.25. The Balaban J connectivity index is 1.79. The Morgan fingerprint density at radius 3 is 2.29 bits per heavy atom. The summed E-state index contributed by atoms with van der Waals surface area (Å²) in [6, 6.07) is 19.6. The minimum atomic E-state index is -3.80. The summed E-state index contributed by atoms with van der Waals surface area (Å²) in [7, 11) is -1.25. The number of nitrogens with zero attached hydrogens (tertiary/aromatic N) is 1. The van der Waals surface area contributed by atoms with E-state index in [1.807, 2.05) is 30.3 Å². The molecule has 174 valence electrons. The highest BCUT2D eigenvalue weighted by molar-refractivity contribution is 7.89. The number of amides is 1. The van der Waals surface area contributed by atoms with Gasteiger partial charge in [-0.1, -0.05) is 40.9 Å². The SMILES string of the molecule is CON(C)S(=O)(=O)c1ccc(NC(=C2C(=O)Nc3cc(C(=O)O)ccc32)c2ccccc2)cc1. The molecule has 0 atom stereocenters. The first-order valence-corrected chi connectivity index (χ1v) is 11.6. The third-order valence-corrected chi connectivity index (χ3v) is 7.03. The Morgan fingerprint density at radius 2 is 1.68 bits per heavy atom. The summed E-state index contributed by atoms with van der Waals surface area (Å²) in [6.07, 6.45) is 0. The number of carboxylic acids is 1. The monoisotopic (exact) mass is 479 g/mol. The summed E-state index contributed by atoms with van der Waals surface area (Å²) in [6.45, 7) is 0. The molecule has 4 rings (SSSR count). The number of sulfonamides is 1. The lowest BCUT2D eigenvalue weighted by Gasteiger charge is -2.16. The molecule has 1 heterocycles. The number of carbonyl (C=O) groups is 2. The second kappa shape index (κ2) is 9.10. The van der Waals surface area contributed by atoms with Crippen LogP contribution < -0.4 is 10.6 Å². The van der Waals surface area contributed by atoms with E-state index in [4.69, 9.17) is 4.84 Å². The molecule has 0 unspecified atom stereocenters. The molecule has 0 bridgehead atoms. The maximum absolute atomic E-state index is 13.0. The van der Waals surface area contributed by atoms with Crippen LogP contribution >= 0.6 is 0 Å². The van der Waals surface area contributed by atoms with Gasteiger partial charge in [0.1, 0.15) is 0 Å². The summed E-state index contributed by atoms with van der Waals surface area (Å²) in [5.74, 6) is -1.48. The molecule has 0 aliphatic carbocycles. The number of benzene rings is 3. The van der Waals surface area contributed by atoms with Crippen molar-refractivity contribution in [3.8, 4) is 0 Å². The Hall–Kier alpha value is -3.99. The van der Waals surface area contributed by atoms with Gasteiger partial charge in [-0.3, -0.25) is 9.63 Å². The number of rotatable bonds is 7. The maximum atomic E-state index is 13.0. The fraction of sp³-hybridized carbons (Fsp3) is 0.0833. The number of anilines is 2. The fourth-order valence-electron chi connectivity index (χ4n) is 3.54. The average Bonchev–Trinajstić information content (AvgIpc) is 3.17. The summed E-state index contributed by atoms with van der Waals surface area (Å²) >= 11 is 0. The summed E-state index contributed by atoms with van der Waals surface area (Å²) in [4.78, 5) is 29.1. The topological polar surface area (TPSA) is 125 Å². The van der Waals surface area contributed by atoms with Crippen molar-refractivity contribution in [3.63, 3.8) is 0 Å². The lowest BCUT2D eigenvalue weighted by molar-refractivity contribution is -0.110. The van der Waals surface area contributed by atoms with Crippen LogP contribution in [0.5, 0.6) is 0 Å². The van der Waals surface area contributed by atoms with Crippen LogP contribution in [0.3, 0.4) is 0 Å². The van der Waals surface area contributed by atoms with Gasteiger partial charge in [0, 0.05) is 18.3 Å². The number of hydroxylamine groups is 1. The van der Waals surface area contributed by atoms with Crippen molar-refractivity contribution < 1.29 is 28.0 Å². The molecule has 9 nitrogen and oxygen atoms in total. The van der Waals surface area contributed by atoms with Crippen LogP contribution in [0.25, 0.3) is 11.3 Å². The molecular weight excluding hydrogens is 458 g/mol. The third-order valence-electron chi connectivity index (χ3n) is 5.34. The molecule has 0 saturated carbocycles. The Kier molecular flexibility index (Phi) is 6.20. The molecule has 3 aromatic rings.